The molecule has 0 aliphatic carbocycles. The number of nitrogens with zero attached hydrogens (tertiary/aromatic N) is 2. The summed E-state index contributed by atoms with van der Waals surface area (Å²) in [5.41, 5.74) is 2.07. The molecule has 9 heteroatoms. The lowest BCUT2D eigenvalue weighted by Gasteiger charge is -2.33. The van der Waals surface area contributed by atoms with Gasteiger partial charge in [-0.05, 0) is 56.5 Å². The van der Waals surface area contributed by atoms with Crippen molar-refractivity contribution in [2.45, 2.75) is 31.6 Å². The van der Waals surface area contributed by atoms with Crippen molar-refractivity contribution < 1.29 is 27.5 Å². The van der Waals surface area contributed by atoms with Gasteiger partial charge in [-0.15, -0.1) is 0 Å². The van der Waals surface area contributed by atoms with Gasteiger partial charge in [-0.2, -0.15) is 0 Å². The van der Waals surface area contributed by atoms with Gasteiger partial charge in [-0.25, -0.2) is 8.42 Å². The van der Waals surface area contributed by atoms with Gasteiger partial charge in [0.15, 0.2) is 0 Å². The zero-order valence-corrected chi connectivity index (χ0v) is 20.2. The van der Waals surface area contributed by atoms with E-state index in [-0.39, 0.29) is 29.2 Å². The molecule has 0 N–H and O–H groups in total. The van der Waals surface area contributed by atoms with Crippen molar-refractivity contribution in [1.29, 1.82) is 0 Å². The molecule has 2 aromatic carbocycles. The van der Waals surface area contributed by atoms with E-state index in [0.717, 1.165) is 15.4 Å². The van der Waals surface area contributed by atoms with Crippen LogP contribution in [0.4, 0.5) is 5.69 Å². The molecule has 1 aliphatic heterocycles. The molecule has 1 fully saturated rings. The van der Waals surface area contributed by atoms with E-state index in [2.05, 4.69) is 0 Å². The number of methoxy groups -OCH3 is 2. The molecule has 0 saturated carbocycles. The molecular weight excluding hydrogens is 444 g/mol. The number of hydrogen-bond donors (Lipinski definition) is 0. The second-order valence-corrected chi connectivity index (χ2v) is 10.0. The fourth-order valence-electron chi connectivity index (χ4n) is 3.89. The lowest BCUT2D eigenvalue weighted by atomic mass is 9.97. The van der Waals surface area contributed by atoms with Crippen LogP contribution in [0.2, 0.25) is 0 Å². The molecular formula is C24H30N2O6S. The molecule has 1 amide bonds. The largest absolute Gasteiger partial charge is 0.495 e. The molecule has 0 aromatic heterocycles. The van der Waals surface area contributed by atoms with Crippen LogP contribution in [0.25, 0.3) is 0 Å². The first-order chi connectivity index (χ1) is 15.7. The number of esters is 1. The molecule has 2 aromatic rings. The summed E-state index contributed by atoms with van der Waals surface area (Å²) in [6, 6.07) is 11.7. The summed E-state index contributed by atoms with van der Waals surface area (Å²) in [6.07, 6.45) is 0.966. The average molecular weight is 475 g/mol. The second-order valence-electron chi connectivity index (χ2n) is 8.18. The minimum atomic E-state index is -4.05. The van der Waals surface area contributed by atoms with Crippen LogP contribution in [0, 0.1) is 19.8 Å². The van der Waals surface area contributed by atoms with E-state index < -0.39 is 10.0 Å². The Hall–Kier alpha value is -3.07. The molecule has 0 radical (unpaired) electrons. The van der Waals surface area contributed by atoms with Crippen molar-refractivity contribution in [3.63, 3.8) is 0 Å². The summed E-state index contributed by atoms with van der Waals surface area (Å²) in [5, 5.41) is 0. The summed E-state index contributed by atoms with van der Waals surface area (Å²) in [6.45, 7) is 4.07. The third kappa shape index (κ3) is 5.47. The zero-order valence-electron chi connectivity index (χ0n) is 19.4. The number of anilines is 1. The molecule has 8 nitrogen and oxygen atoms in total. The van der Waals surface area contributed by atoms with Crippen molar-refractivity contribution in [2.75, 3.05) is 38.2 Å². The highest BCUT2D eigenvalue weighted by Crippen LogP contribution is 2.34. The Bertz CT molecular complexity index is 1110. The fourth-order valence-corrected chi connectivity index (χ4v) is 5.30. The van der Waals surface area contributed by atoms with Crippen LogP contribution in [0.15, 0.2) is 47.4 Å². The monoisotopic (exact) mass is 474 g/mol. The summed E-state index contributed by atoms with van der Waals surface area (Å²) in [7, 11) is -1.24. The highest BCUT2D eigenvalue weighted by Gasteiger charge is 2.33. The van der Waals surface area contributed by atoms with Gasteiger partial charge in [-0.1, -0.05) is 23.8 Å². The molecule has 1 heterocycles. The van der Waals surface area contributed by atoms with Crippen molar-refractivity contribution >= 4 is 27.6 Å². The van der Waals surface area contributed by atoms with Crippen LogP contribution >= 0.6 is 0 Å². The molecule has 0 bridgehead atoms. The summed E-state index contributed by atoms with van der Waals surface area (Å²) in [4.78, 5) is 26.7. The van der Waals surface area contributed by atoms with Crippen LogP contribution in [0.3, 0.4) is 0 Å². The van der Waals surface area contributed by atoms with Gasteiger partial charge in [0.1, 0.15) is 12.3 Å². The van der Waals surface area contributed by atoms with Crippen LogP contribution in [-0.2, 0) is 24.3 Å². The molecule has 1 saturated heterocycles. The number of rotatable bonds is 7. The van der Waals surface area contributed by atoms with E-state index >= 15 is 0 Å². The average Bonchev–Trinajstić information content (AvgIpc) is 2.82. The van der Waals surface area contributed by atoms with Gasteiger partial charge in [0.2, 0.25) is 5.91 Å². The highest BCUT2D eigenvalue weighted by molar-refractivity contribution is 7.92. The smallest absolute Gasteiger partial charge is 0.308 e. The summed E-state index contributed by atoms with van der Waals surface area (Å²) >= 11 is 0. The molecule has 0 atom stereocenters. The molecule has 0 spiro atoms. The Morgan fingerprint density at radius 3 is 2.18 bits per heavy atom. The van der Waals surface area contributed by atoms with Crippen LogP contribution < -0.4 is 9.04 Å². The zero-order chi connectivity index (χ0) is 24.2. The number of likely N-dealkylation sites (tertiary alicyclic amines) is 1. The number of hydrogen-bond acceptors (Lipinski definition) is 6. The van der Waals surface area contributed by atoms with Gasteiger partial charge in [0, 0.05) is 13.1 Å². The Kier molecular flexibility index (Phi) is 7.63. The third-order valence-electron chi connectivity index (χ3n) is 5.87. The SMILES string of the molecule is COC(=O)C1CCN(C(=O)CN(c2cc(C)ccc2OC)S(=O)(=O)c2ccc(C)cc2)CC1. The lowest BCUT2D eigenvalue weighted by molar-refractivity contribution is -0.148. The van der Waals surface area contributed by atoms with Gasteiger partial charge in [0.05, 0.1) is 30.7 Å². The minimum absolute atomic E-state index is 0.0915. The maximum Gasteiger partial charge on any atom is 0.308 e. The molecule has 33 heavy (non-hydrogen) atoms. The first-order valence-electron chi connectivity index (χ1n) is 10.8. The number of ether oxygens (including phenoxy) is 2. The predicted octanol–water partition coefficient (Wildman–Crippen LogP) is 2.92. The number of sulfonamides is 1. The van der Waals surface area contributed by atoms with Crippen molar-refractivity contribution in [3.8, 4) is 5.75 Å². The van der Waals surface area contributed by atoms with E-state index in [4.69, 9.17) is 9.47 Å². The standard InChI is InChI=1S/C24H30N2O6S/c1-17-5-8-20(9-6-17)33(29,30)26(21-15-18(2)7-10-22(21)31-3)16-23(27)25-13-11-19(12-14-25)24(28)32-4/h5-10,15,19H,11-14,16H2,1-4H3. The Morgan fingerprint density at radius 2 is 1.61 bits per heavy atom. The maximum absolute atomic E-state index is 13.7. The van der Waals surface area contributed by atoms with E-state index in [0.29, 0.717) is 37.4 Å². The van der Waals surface area contributed by atoms with E-state index in [1.165, 1.54) is 26.4 Å². The topological polar surface area (TPSA) is 93.2 Å². The van der Waals surface area contributed by atoms with E-state index in [1.54, 1.807) is 29.2 Å². The van der Waals surface area contributed by atoms with Crippen molar-refractivity contribution in [2.24, 2.45) is 5.92 Å². The van der Waals surface area contributed by atoms with Gasteiger partial charge in [-0.3, -0.25) is 13.9 Å². The summed E-state index contributed by atoms with van der Waals surface area (Å²) < 4.78 is 38.7. The molecule has 3 rings (SSSR count). The van der Waals surface area contributed by atoms with Crippen LogP contribution in [0.1, 0.15) is 24.0 Å². The van der Waals surface area contributed by atoms with Gasteiger partial charge >= 0.3 is 5.97 Å². The van der Waals surface area contributed by atoms with Gasteiger partial charge < -0.3 is 14.4 Å². The summed E-state index contributed by atoms with van der Waals surface area (Å²) in [5.74, 6) is -0.510. The predicted molar refractivity (Wildman–Crippen MR) is 125 cm³/mol. The number of benzene rings is 2. The lowest BCUT2D eigenvalue weighted by Crippen LogP contribution is -2.46. The first kappa shape index (κ1) is 24.6. The molecule has 1 aliphatic rings. The number of piperidine rings is 1. The van der Waals surface area contributed by atoms with Gasteiger partial charge in [0.25, 0.3) is 10.0 Å². The highest BCUT2D eigenvalue weighted by atomic mass is 32.2. The molecule has 0 unspecified atom stereocenters. The number of carbonyl (C=O) groups is 2. The van der Waals surface area contributed by atoms with Crippen molar-refractivity contribution in [3.05, 3.63) is 53.6 Å². The maximum atomic E-state index is 13.7. The first-order valence-corrected chi connectivity index (χ1v) is 12.2. The number of carbonyl (C=O) groups excluding carboxylic acids is 2. The van der Waals surface area contributed by atoms with Crippen LogP contribution in [0.5, 0.6) is 5.75 Å². The van der Waals surface area contributed by atoms with Crippen molar-refractivity contribution in [1.82, 2.24) is 4.90 Å². The fraction of sp³-hybridized carbons (Fsp3) is 0.417. The second kappa shape index (κ2) is 10.2. The minimum Gasteiger partial charge on any atom is -0.495 e. The number of aryl methyl sites for hydroxylation is 2. The Labute approximate surface area is 195 Å². The third-order valence-corrected chi connectivity index (χ3v) is 7.65. The van der Waals surface area contributed by atoms with E-state index in [9.17, 15) is 18.0 Å². The normalized spacial score (nSPS) is 14.6. The van der Waals surface area contributed by atoms with Crippen LogP contribution in [-0.4, -0.2) is 59.0 Å². The molecule has 178 valence electrons. The Morgan fingerprint density at radius 1 is 1.00 bits per heavy atom. The number of amides is 1. The van der Waals surface area contributed by atoms with E-state index in [1.807, 2.05) is 19.9 Å². The Balaban J connectivity index is 1.93. The quantitative estimate of drug-likeness (QED) is 0.573.